The lowest BCUT2D eigenvalue weighted by Crippen LogP contribution is -2.54. The van der Waals surface area contributed by atoms with E-state index in [2.05, 4.69) is 9.37 Å². The molecule has 5 nitrogen and oxygen atoms in total. The van der Waals surface area contributed by atoms with Crippen LogP contribution in [-0.2, 0) is 18.9 Å². The number of hydrogen-bond acceptors (Lipinski definition) is 6. The Bertz CT molecular complexity index is 368. The van der Waals surface area contributed by atoms with Crippen molar-refractivity contribution >= 4 is 18.0 Å². The van der Waals surface area contributed by atoms with Crippen LogP contribution < -0.4 is 0 Å². The highest BCUT2D eigenvalue weighted by Crippen LogP contribution is 2.57. The molecule has 20 heavy (non-hydrogen) atoms. The first kappa shape index (κ1) is 14.5. The highest BCUT2D eigenvalue weighted by atomic mass is 32.2. The molecule has 4 rings (SSSR count). The lowest BCUT2D eigenvalue weighted by Gasteiger charge is -2.55. The maximum absolute atomic E-state index is 13.5. The van der Waals surface area contributed by atoms with Gasteiger partial charge in [-0.25, -0.2) is 10.1 Å². The summed E-state index contributed by atoms with van der Waals surface area (Å²) in [5, 5.41) is 7.09. The highest BCUT2D eigenvalue weighted by molar-refractivity contribution is 7.96. The topological polar surface area (TPSA) is 65.0 Å². The second-order valence-corrected chi connectivity index (χ2v) is 7.05. The van der Waals surface area contributed by atoms with Crippen molar-refractivity contribution in [1.29, 1.82) is 0 Å². The summed E-state index contributed by atoms with van der Waals surface area (Å²) in [5.74, 6) is -0.145. The second kappa shape index (κ2) is 5.08. The van der Waals surface area contributed by atoms with Crippen LogP contribution in [0.1, 0.15) is 38.5 Å². The van der Waals surface area contributed by atoms with Crippen LogP contribution in [0.25, 0.3) is 0 Å². The van der Waals surface area contributed by atoms with Gasteiger partial charge in [0.2, 0.25) is 0 Å². The molecule has 0 radical (unpaired) electrons. The smallest absolute Gasteiger partial charge is 0.415 e. The van der Waals surface area contributed by atoms with Crippen LogP contribution in [0.2, 0.25) is 0 Å². The molecule has 0 aliphatic heterocycles. The van der Waals surface area contributed by atoms with Gasteiger partial charge in [-0.2, -0.15) is 8.78 Å². The molecule has 4 aliphatic carbocycles. The number of alkyl halides is 2. The van der Waals surface area contributed by atoms with Gasteiger partial charge in [-0.1, -0.05) is 5.04 Å². The molecule has 1 N–H and O–H groups in total. The summed E-state index contributed by atoms with van der Waals surface area (Å²) in [6, 6.07) is 0. The van der Waals surface area contributed by atoms with E-state index in [-0.39, 0.29) is 0 Å². The molecule has 0 aromatic rings. The van der Waals surface area contributed by atoms with Crippen LogP contribution in [0.4, 0.5) is 8.78 Å². The molecule has 0 spiro atoms. The van der Waals surface area contributed by atoms with Crippen molar-refractivity contribution in [3.63, 3.8) is 0 Å². The lowest BCUT2D eigenvalue weighted by molar-refractivity contribution is -0.433. The zero-order valence-corrected chi connectivity index (χ0v) is 11.5. The van der Waals surface area contributed by atoms with E-state index in [1.54, 1.807) is 0 Å². The minimum Gasteiger partial charge on any atom is -0.454 e. The Morgan fingerprint density at radius 2 is 1.65 bits per heavy atom. The van der Waals surface area contributed by atoms with Gasteiger partial charge in [-0.3, -0.25) is 0 Å². The largest absolute Gasteiger partial charge is 0.454 e. The Morgan fingerprint density at radius 1 is 1.15 bits per heavy atom. The molecule has 0 unspecified atom stereocenters. The van der Waals surface area contributed by atoms with Crippen molar-refractivity contribution in [2.24, 2.45) is 17.8 Å². The van der Waals surface area contributed by atoms with Crippen molar-refractivity contribution in [3.05, 3.63) is 0 Å². The Hall–Kier alpha value is -0.440. The lowest BCUT2D eigenvalue weighted by atomic mass is 9.54. The molecule has 4 fully saturated rings. The van der Waals surface area contributed by atoms with Crippen molar-refractivity contribution in [1.82, 2.24) is 0 Å². The third-order valence-corrected chi connectivity index (χ3v) is 5.20. The molecule has 4 bridgehead atoms. The Morgan fingerprint density at radius 3 is 2.10 bits per heavy atom. The van der Waals surface area contributed by atoms with E-state index in [9.17, 15) is 13.6 Å². The molecule has 0 aromatic carbocycles. The summed E-state index contributed by atoms with van der Waals surface area (Å²) in [6.07, 6.45) is 5.44. The molecule has 0 atom stereocenters. The number of ether oxygens (including phenoxy) is 1. The van der Waals surface area contributed by atoms with Crippen molar-refractivity contribution in [2.75, 3.05) is 0 Å². The first-order valence-corrected chi connectivity index (χ1v) is 7.44. The second-order valence-electron chi connectivity index (χ2n) is 6.23. The molecule has 0 heterocycles. The Kier molecular flexibility index (Phi) is 3.68. The van der Waals surface area contributed by atoms with E-state index in [4.69, 9.17) is 9.99 Å². The standard InChI is InChI=1S/C12H16F2O5S/c13-12(14,20-19-18-16)10(15)17-11-4-7-1-8(5-11)3-9(2-7)6-11/h7-9,16H,1-6H2. The monoisotopic (exact) mass is 310 g/mol. The van der Waals surface area contributed by atoms with Crippen LogP contribution >= 0.6 is 12.0 Å². The highest BCUT2D eigenvalue weighted by Gasteiger charge is 2.56. The van der Waals surface area contributed by atoms with E-state index in [0.29, 0.717) is 37.0 Å². The molecule has 8 heteroatoms. The fraction of sp³-hybridized carbons (Fsp3) is 0.917. The number of carbonyl (C=O) groups excluding carboxylic acids is 1. The Balaban J connectivity index is 1.66. The van der Waals surface area contributed by atoms with Crippen molar-refractivity contribution in [3.8, 4) is 0 Å². The maximum atomic E-state index is 13.5. The number of carbonyl (C=O) groups is 1. The predicted octanol–water partition coefficient (Wildman–Crippen LogP) is 3.16. The van der Waals surface area contributed by atoms with Crippen LogP contribution in [0.3, 0.4) is 0 Å². The van der Waals surface area contributed by atoms with Gasteiger partial charge in [0.05, 0.1) is 0 Å². The third-order valence-electron chi connectivity index (χ3n) is 4.70. The fourth-order valence-corrected chi connectivity index (χ4v) is 4.73. The molecular weight excluding hydrogens is 294 g/mol. The minimum atomic E-state index is -3.90. The maximum Gasteiger partial charge on any atom is 0.415 e. The number of hydrogen-bond donors (Lipinski definition) is 1. The number of halogens is 2. The van der Waals surface area contributed by atoms with Crippen LogP contribution in [0.5, 0.6) is 0 Å². The van der Waals surface area contributed by atoms with Crippen LogP contribution in [0, 0.1) is 17.8 Å². The van der Waals surface area contributed by atoms with Gasteiger partial charge in [-0.15, -0.1) is 4.33 Å². The average molecular weight is 310 g/mol. The van der Waals surface area contributed by atoms with Gasteiger partial charge in [0.15, 0.2) is 0 Å². The Labute approximate surface area is 119 Å². The predicted molar refractivity (Wildman–Crippen MR) is 64.3 cm³/mol. The molecule has 4 aliphatic rings. The molecule has 0 amide bonds. The average Bonchev–Trinajstić information content (AvgIpc) is 2.34. The molecule has 0 saturated heterocycles. The quantitative estimate of drug-likeness (QED) is 0.364. The summed E-state index contributed by atoms with van der Waals surface area (Å²) in [6.45, 7) is 0. The summed E-state index contributed by atoms with van der Waals surface area (Å²) in [5.41, 5.74) is -0.726. The number of esters is 1. The number of rotatable bonds is 5. The fourth-order valence-electron chi connectivity index (χ4n) is 4.50. The molecule has 0 aromatic heterocycles. The summed E-state index contributed by atoms with van der Waals surface area (Å²) in [4.78, 5) is 11.6. The zero-order valence-electron chi connectivity index (χ0n) is 10.7. The van der Waals surface area contributed by atoms with Gasteiger partial charge in [0, 0.05) is 0 Å². The zero-order chi connectivity index (χ0) is 14.4. The molecule has 114 valence electrons. The van der Waals surface area contributed by atoms with Crippen molar-refractivity contribution < 1.29 is 32.9 Å². The van der Waals surface area contributed by atoms with E-state index >= 15 is 0 Å². The summed E-state index contributed by atoms with van der Waals surface area (Å²) in [7, 11) is 0. The van der Waals surface area contributed by atoms with Gasteiger partial charge in [0.25, 0.3) is 0 Å². The first-order chi connectivity index (χ1) is 9.42. The van der Waals surface area contributed by atoms with Crippen LogP contribution in [0.15, 0.2) is 0 Å². The SMILES string of the molecule is O=C(OC12CC3CC(CC(C3)C1)C2)C(F)(F)SOOO. The molecular formula is C12H16F2O5S. The van der Waals surface area contributed by atoms with Gasteiger partial charge in [-0.05, 0) is 56.3 Å². The molecule has 4 saturated carbocycles. The third kappa shape index (κ3) is 2.66. The summed E-state index contributed by atoms with van der Waals surface area (Å²) < 4.78 is 35.8. The normalized spacial score (nSPS) is 39.0. The van der Waals surface area contributed by atoms with E-state index < -0.39 is 28.9 Å². The minimum absolute atomic E-state index is 0.493. The van der Waals surface area contributed by atoms with Crippen molar-refractivity contribution in [2.45, 2.75) is 49.4 Å². The van der Waals surface area contributed by atoms with Crippen LogP contribution in [-0.4, -0.2) is 22.1 Å². The van der Waals surface area contributed by atoms with Gasteiger partial charge in [0.1, 0.15) is 17.6 Å². The van der Waals surface area contributed by atoms with E-state index in [1.807, 2.05) is 0 Å². The van der Waals surface area contributed by atoms with E-state index in [0.717, 1.165) is 19.3 Å². The van der Waals surface area contributed by atoms with E-state index in [1.165, 1.54) is 0 Å². The van der Waals surface area contributed by atoms with Gasteiger partial charge >= 0.3 is 11.2 Å². The van der Waals surface area contributed by atoms with Gasteiger partial charge < -0.3 is 4.74 Å². The first-order valence-electron chi connectivity index (χ1n) is 6.70. The summed E-state index contributed by atoms with van der Waals surface area (Å²) >= 11 is -0.565.